The number of methoxy groups -OCH3 is 2. The first-order valence-electron chi connectivity index (χ1n) is 20.5. The summed E-state index contributed by atoms with van der Waals surface area (Å²) in [5.41, 5.74) is 1.08. The third kappa shape index (κ3) is 10.2. The van der Waals surface area contributed by atoms with Gasteiger partial charge >= 0.3 is 7.82 Å². The minimum absolute atomic E-state index is 0.0686. The molecule has 2 aliphatic rings. The van der Waals surface area contributed by atoms with Crippen LogP contribution < -0.4 is 20.3 Å². The summed E-state index contributed by atoms with van der Waals surface area (Å²) < 4.78 is 71.0. The van der Waals surface area contributed by atoms with Crippen LogP contribution in [0.3, 0.4) is 0 Å². The molecule has 17 nitrogen and oxygen atoms in total. The molecule has 1 unspecified atom stereocenters. The fourth-order valence-electron chi connectivity index (χ4n) is 7.42. The number of nitrogens with one attached hydrogen (secondary N) is 2. The number of anilines is 1. The zero-order valence-electron chi connectivity index (χ0n) is 35.6. The Balaban J connectivity index is 1.28. The Morgan fingerprint density at radius 2 is 1.65 bits per heavy atom. The van der Waals surface area contributed by atoms with Crippen molar-refractivity contribution in [2.45, 2.75) is 76.5 Å². The van der Waals surface area contributed by atoms with Crippen molar-refractivity contribution >= 4 is 24.9 Å². The number of hydrogen-bond acceptors (Lipinski definition) is 15. The Kier molecular flexibility index (Phi) is 14.1. The monoisotopic (exact) mass is 872 g/mol. The molecular formula is C44H53N6O11P. The van der Waals surface area contributed by atoms with E-state index < -0.39 is 49.3 Å². The van der Waals surface area contributed by atoms with Gasteiger partial charge < -0.3 is 33.7 Å². The van der Waals surface area contributed by atoms with Gasteiger partial charge in [0.1, 0.15) is 41.6 Å². The van der Waals surface area contributed by atoms with E-state index in [9.17, 15) is 14.6 Å². The van der Waals surface area contributed by atoms with Crippen molar-refractivity contribution in [1.29, 1.82) is 5.26 Å². The molecule has 2 aliphatic heterocycles. The number of imidazole rings is 1. The van der Waals surface area contributed by atoms with Gasteiger partial charge in [0.15, 0.2) is 17.0 Å². The third-order valence-electron chi connectivity index (χ3n) is 10.5. The summed E-state index contributed by atoms with van der Waals surface area (Å²) in [6, 6.07) is 27.0. The number of phosphoric acid groups is 1. The van der Waals surface area contributed by atoms with Crippen molar-refractivity contribution in [3.05, 3.63) is 112 Å². The Hall–Kier alpha value is -5.15. The van der Waals surface area contributed by atoms with Gasteiger partial charge in [-0.05, 0) is 60.7 Å². The zero-order valence-corrected chi connectivity index (χ0v) is 36.5. The van der Waals surface area contributed by atoms with E-state index in [-0.39, 0.29) is 62.3 Å². The Bertz CT molecular complexity index is 2360. The number of hydrogen-bond donors (Lipinski definition) is 2. The smallest absolute Gasteiger partial charge is 0.475 e. The summed E-state index contributed by atoms with van der Waals surface area (Å²) in [5.74, 6) is 1.02. The minimum Gasteiger partial charge on any atom is -0.497 e. The van der Waals surface area contributed by atoms with Crippen LogP contribution in [0.15, 0.2) is 90.0 Å². The van der Waals surface area contributed by atoms with E-state index in [2.05, 4.69) is 15.3 Å². The van der Waals surface area contributed by atoms with Crippen LogP contribution in [0, 0.1) is 17.2 Å². The lowest BCUT2D eigenvalue weighted by Crippen LogP contribution is -2.38. The van der Waals surface area contributed by atoms with Crippen LogP contribution in [-0.4, -0.2) is 90.8 Å². The summed E-state index contributed by atoms with van der Waals surface area (Å²) in [6.45, 7) is 7.86. The van der Waals surface area contributed by atoms with Gasteiger partial charge in [-0.3, -0.25) is 27.9 Å². The first-order chi connectivity index (χ1) is 29.8. The molecule has 0 spiro atoms. The molecule has 7 rings (SSSR count). The largest absolute Gasteiger partial charge is 0.497 e. The minimum atomic E-state index is -4.43. The molecule has 0 amide bonds. The molecule has 18 heteroatoms. The standard InChI is InChI=1S/C44H53N6O11P/c1-29(2)24-46-42-48-40-39(41(51)49-42)47-28-50(40)38-23-36(61-62(52,57-22-10-21-45)58-26-35-25-55-43(3,4)60-35)37(59-38)27-56-44(30-11-8-7-9-12-30,31-13-17-33(53-5)18-14-31)32-15-19-34(54-6)20-16-32/h7-9,11-20,28-29,35-38H,10,22-27H2,1-6H3,(H2,46,48,49,51)/t35-,36+,37-,38-,62?/m1/s1. The number of aromatic nitrogens is 4. The van der Waals surface area contributed by atoms with E-state index in [1.165, 1.54) is 6.33 Å². The van der Waals surface area contributed by atoms with E-state index >= 15 is 0 Å². The second-order valence-electron chi connectivity index (χ2n) is 15.8. The topological polar surface area (TPSA) is 200 Å². The number of nitriles is 1. The number of ether oxygens (including phenoxy) is 6. The Morgan fingerprint density at radius 1 is 0.984 bits per heavy atom. The maximum atomic E-state index is 14.6. The van der Waals surface area contributed by atoms with E-state index in [0.717, 1.165) is 16.7 Å². The number of benzene rings is 3. The lowest BCUT2D eigenvalue weighted by atomic mass is 9.80. The second-order valence-corrected chi connectivity index (χ2v) is 17.4. The molecule has 2 aromatic heterocycles. The molecule has 2 fully saturated rings. The predicted molar refractivity (Wildman–Crippen MR) is 228 cm³/mol. The Morgan fingerprint density at radius 3 is 2.24 bits per heavy atom. The average molecular weight is 873 g/mol. The lowest BCUT2D eigenvalue weighted by Gasteiger charge is -2.37. The van der Waals surface area contributed by atoms with Crippen LogP contribution in [0.5, 0.6) is 11.5 Å². The number of fused-ring (bicyclic) bond motifs is 1. The van der Waals surface area contributed by atoms with Crippen LogP contribution in [0.2, 0.25) is 0 Å². The van der Waals surface area contributed by atoms with Crippen molar-refractivity contribution in [3.8, 4) is 17.6 Å². The summed E-state index contributed by atoms with van der Waals surface area (Å²) in [7, 11) is -1.22. The number of aromatic amines is 1. The molecular weight excluding hydrogens is 819 g/mol. The second kappa shape index (κ2) is 19.5. The van der Waals surface area contributed by atoms with Crippen LogP contribution in [0.25, 0.3) is 11.2 Å². The summed E-state index contributed by atoms with van der Waals surface area (Å²) in [5, 5.41) is 12.5. The molecule has 4 heterocycles. The van der Waals surface area contributed by atoms with Gasteiger partial charge in [0.05, 0.1) is 59.5 Å². The molecule has 5 atom stereocenters. The highest BCUT2D eigenvalue weighted by molar-refractivity contribution is 7.48. The van der Waals surface area contributed by atoms with Crippen molar-refractivity contribution in [3.63, 3.8) is 0 Å². The van der Waals surface area contributed by atoms with Gasteiger partial charge in [-0.25, -0.2) is 9.55 Å². The van der Waals surface area contributed by atoms with E-state index in [1.807, 2.05) is 98.8 Å². The van der Waals surface area contributed by atoms with Gasteiger partial charge in [-0.15, -0.1) is 0 Å². The number of rotatable bonds is 20. The van der Waals surface area contributed by atoms with E-state index in [0.29, 0.717) is 18.0 Å². The molecule has 2 N–H and O–H groups in total. The van der Waals surface area contributed by atoms with Crippen molar-refractivity contribution < 1.29 is 46.6 Å². The molecule has 5 aromatic rings. The first kappa shape index (κ1) is 44.9. The summed E-state index contributed by atoms with van der Waals surface area (Å²) >= 11 is 0. The fraction of sp³-hybridized carbons (Fsp3) is 0.455. The van der Waals surface area contributed by atoms with Gasteiger partial charge in [-0.2, -0.15) is 10.2 Å². The summed E-state index contributed by atoms with van der Waals surface area (Å²) in [6.07, 6.45) is -1.83. The molecule has 0 saturated carbocycles. The van der Waals surface area contributed by atoms with Crippen LogP contribution >= 0.6 is 7.82 Å². The van der Waals surface area contributed by atoms with Gasteiger partial charge in [-0.1, -0.05) is 68.4 Å². The van der Waals surface area contributed by atoms with Crippen LogP contribution in [0.1, 0.15) is 63.5 Å². The first-order valence-corrected chi connectivity index (χ1v) is 21.9. The van der Waals surface area contributed by atoms with Gasteiger partial charge in [0, 0.05) is 13.0 Å². The highest BCUT2D eigenvalue weighted by Crippen LogP contribution is 2.54. The van der Waals surface area contributed by atoms with Gasteiger partial charge in [0.25, 0.3) is 5.56 Å². The maximum Gasteiger partial charge on any atom is 0.475 e. The number of H-pyrrole nitrogens is 1. The third-order valence-corrected chi connectivity index (χ3v) is 11.9. The van der Waals surface area contributed by atoms with Gasteiger partial charge in [0.2, 0.25) is 5.95 Å². The van der Waals surface area contributed by atoms with E-state index in [1.54, 1.807) is 32.6 Å². The molecule has 330 valence electrons. The fourth-order valence-corrected chi connectivity index (χ4v) is 8.84. The highest BCUT2D eigenvalue weighted by Gasteiger charge is 2.47. The van der Waals surface area contributed by atoms with Crippen LogP contribution in [0.4, 0.5) is 5.95 Å². The lowest BCUT2D eigenvalue weighted by molar-refractivity contribution is -0.142. The quantitative estimate of drug-likeness (QED) is 0.0456. The summed E-state index contributed by atoms with van der Waals surface area (Å²) in [4.78, 5) is 25.1. The molecule has 62 heavy (non-hydrogen) atoms. The molecule has 0 radical (unpaired) electrons. The molecule has 0 aliphatic carbocycles. The SMILES string of the molecule is COc1ccc(C(OC[C@H]2O[C@@H](n3cnc4c(=O)[nH]c(NCC(C)C)nc43)C[C@@H]2OP(=O)(OCCC#N)OC[C@H]2COC(C)(C)O2)(c2ccccc2)c2ccc(OC)cc2)cc1. The molecule has 2 saturated heterocycles. The van der Waals surface area contributed by atoms with E-state index in [4.69, 9.17) is 47.0 Å². The highest BCUT2D eigenvalue weighted by atomic mass is 31.2. The zero-order chi connectivity index (χ0) is 43.9. The Labute approximate surface area is 360 Å². The normalized spacial score (nSPS) is 20.9. The molecule has 3 aromatic carbocycles. The van der Waals surface area contributed by atoms with Crippen molar-refractivity contribution in [2.24, 2.45) is 5.92 Å². The van der Waals surface area contributed by atoms with Crippen LogP contribution in [-0.2, 0) is 42.7 Å². The van der Waals surface area contributed by atoms with Crippen molar-refractivity contribution in [2.75, 3.05) is 52.5 Å². The van der Waals surface area contributed by atoms with Crippen molar-refractivity contribution in [1.82, 2.24) is 19.5 Å². The number of phosphoric ester groups is 1. The number of nitrogens with zero attached hydrogens (tertiary/aromatic N) is 4. The molecule has 0 bridgehead atoms. The maximum absolute atomic E-state index is 14.6. The average Bonchev–Trinajstić information content (AvgIpc) is 3.99. The predicted octanol–water partition coefficient (Wildman–Crippen LogP) is 7.09.